The zero-order chi connectivity index (χ0) is 34.7. The molecule has 0 radical (unpaired) electrons. The van der Waals surface area contributed by atoms with Crippen molar-refractivity contribution in [1.29, 1.82) is 0 Å². The first-order valence-corrected chi connectivity index (χ1v) is 17.6. The molecule has 1 saturated heterocycles. The van der Waals surface area contributed by atoms with Crippen LogP contribution in [0.25, 0.3) is 77.3 Å². The minimum Gasteiger partial charge on any atom is -0.399 e. The molecule has 1 aliphatic rings. The van der Waals surface area contributed by atoms with Crippen LogP contribution in [0.1, 0.15) is 27.7 Å². The van der Waals surface area contributed by atoms with E-state index < -0.39 is 18.3 Å². The molecule has 246 valence electrons. The zero-order valence-corrected chi connectivity index (χ0v) is 29.2. The summed E-state index contributed by atoms with van der Waals surface area (Å²) >= 11 is 0. The highest BCUT2D eigenvalue weighted by molar-refractivity contribution is 6.62. The lowest BCUT2D eigenvalue weighted by molar-refractivity contribution is 0.00578. The van der Waals surface area contributed by atoms with Crippen LogP contribution in [0.4, 0.5) is 0 Å². The van der Waals surface area contributed by atoms with Crippen molar-refractivity contribution >= 4 is 44.9 Å². The summed E-state index contributed by atoms with van der Waals surface area (Å²) in [6, 6.07) is 53.4. The molecule has 0 amide bonds. The van der Waals surface area contributed by atoms with Crippen molar-refractivity contribution in [3.05, 3.63) is 152 Å². The van der Waals surface area contributed by atoms with E-state index in [9.17, 15) is 0 Å². The van der Waals surface area contributed by atoms with E-state index in [4.69, 9.17) is 19.3 Å². The van der Waals surface area contributed by atoms with Crippen LogP contribution in [0.5, 0.6) is 0 Å². The Morgan fingerprint density at radius 3 is 1.37 bits per heavy atom. The Morgan fingerprint density at radius 1 is 0.392 bits per heavy atom. The highest BCUT2D eigenvalue weighted by atomic mass is 16.7. The van der Waals surface area contributed by atoms with Gasteiger partial charge in [0, 0.05) is 16.7 Å². The average molecular weight is 661 g/mol. The summed E-state index contributed by atoms with van der Waals surface area (Å²) in [5, 5.41) is 7.47. The molecule has 0 aliphatic carbocycles. The van der Waals surface area contributed by atoms with Crippen LogP contribution in [0.2, 0.25) is 0 Å². The summed E-state index contributed by atoms with van der Waals surface area (Å²) in [5.41, 5.74) is 6.81. The second-order valence-electron chi connectivity index (χ2n) is 14.5. The van der Waals surface area contributed by atoms with Gasteiger partial charge in [-0.15, -0.1) is 0 Å². The second kappa shape index (κ2) is 12.0. The first-order chi connectivity index (χ1) is 24.7. The molecular formula is C46H37BN2O2. The summed E-state index contributed by atoms with van der Waals surface area (Å²) in [6.45, 7) is 8.37. The van der Waals surface area contributed by atoms with Gasteiger partial charge in [-0.05, 0) is 94.8 Å². The predicted molar refractivity (Wildman–Crippen MR) is 212 cm³/mol. The van der Waals surface area contributed by atoms with E-state index in [1.807, 2.05) is 36.4 Å². The average Bonchev–Trinajstić information content (AvgIpc) is 3.40. The van der Waals surface area contributed by atoms with Crippen LogP contribution in [0, 0.1) is 0 Å². The molecule has 0 unspecified atom stereocenters. The second-order valence-corrected chi connectivity index (χ2v) is 14.5. The van der Waals surface area contributed by atoms with Crippen LogP contribution in [-0.2, 0) is 9.31 Å². The Labute approximate surface area is 298 Å². The number of hydrogen-bond acceptors (Lipinski definition) is 4. The lowest BCUT2D eigenvalue weighted by Crippen LogP contribution is -2.41. The molecular weight excluding hydrogens is 623 g/mol. The molecule has 1 aliphatic heterocycles. The predicted octanol–water partition coefficient (Wildman–Crippen LogP) is 10.9. The number of aromatic nitrogens is 2. The minimum atomic E-state index is -0.551. The van der Waals surface area contributed by atoms with E-state index in [1.165, 1.54) is 32.3 Å². The number of nitrogens with zero attached hydrogens (tertiary/aromatic N) is 2. The van der Waals surface area contributed by atoms with Crippen molar-refractivity contribution in [3.8, 4) is 45.0 Å². The van der Waals surface area contributed by atoms with Crippen molar-refractivity contribution in [3.63, 3.8) is 0 Å². The van der Waals surface area contributed by atoms with E-state index in [0.717, 1.165) is 44.7 Å². The molecule has 51 heavy (non-hydrogen) atoms. The van der Waals surface area contributed by atoms with Gasteiger partial charge in [-0.3, -0.25) is 0 Å². The molecule has 9 rings (SSSR count). The Bertz CT molecular complexity index is 2490. The van der Waals surface area contributed by atoms with Gasteiger partial charge in [-0.2, -0.15) is 0 Å². The van der Waals surface area contributed by atoms with Gasteiger partial charge in [0.15, 0.2) is 5.82 Å². The summed E-state index contributed by atoms with van der Waals surface area (Å²) in [6.07, 6.45) is 0. The first-order valence-electron chi connectivity index (χ1n) is 17.6. The fourth-order valence-electron chi connectivity index (χ4n) is 7.24. The molecule has 7 aromatic carbocycles. The summed E-state index contributed by atoms with van der Waals surface area (Å²) in [4.78, 5) is 10.4. The van der Waals surface area contributed by atoms with E-state index in [0.29, 0.717) is 5.82 Å². The number of fused-ring (bicyclic) bond motifs is 6. The van der Waals surface area contributed by atoms with Crippen LogP contribution in [0.3, 0.4) is 0 Å². The lowest BCUT2D eigenvalue weighted by Gasteiger charge is -2.32. The third kappa shape index (κ3) is 5.50. The van der Waals surface area contributed by atoms with Gasteiger partial charge >= 0.3 is 7.12 Å². The molecule has 2 heterocycles. The molecule has 1 fully saturated rings. The Hall–Kier alpha value is -5.62. The Morgan fingerprint density at radius 2 is 0.843 bits per heavy atom. The molecule has 0 saturated carbocycles. The lowest BCUT2D eigenvalue weighted by atomic mass is 9.76. The van der Waals surface area contributed by atoms with Crippen LogP contribution in [-0.4, -0.2) is 28.3 Å². The monoisotopic (exact) mass is 660 g/mol. The van der Waals surface area contributed by atoms with Crippen LogP contribution in [0.15, 0.2) is 152 Å². The summed E-state index contributed by atoms with van der Waals surface area (Å²) in [5.74, 6) is 0.645. The quantitative estimate of drug-likeness (QED) is 0.136. The molecule has 5 heteroatoms. The van der Waals surface area contributed by atoms with Crippen molar-refractivity contribution < 1.29 is 9.31 Å². The summed E-state index contributed by atoms with van der Waals surface area (Å²) < 4.78 is 13.3. The van der Waals surface area contributed by atoms with E-state index in [-0.39, 0.29) is 0 Å². The Kier molecular flexibility index (Phi) is 7.39. The van der Waals surface area contributed by atoms with E-state index >= 15 is 0 Å². The van der Waals surface area contributed by atoms with Gasteiger partial charge in [0.1, 0.15) is 0 Å². The normalized spacial score (nSPS) is 15.2. The van der Waals surface area contributed by atoms with Crippen LogP contribution < -0.4 is 5.46 Å². The number of hydrogen-bond donors (Lipinski definition) is 0. The van der Waals surface area contributed by atoms with Crippen LogP contribution >= 0.6 is 0 Å². The topological polar surface area (TPSA) is 44.2 Å². The maximum atomic E-state index is 6.63. The van der Waals surface area contributed by atoms with Crippen molar-refractivity contribution in [2.24, 2.45) is 0 Å². The molecule has 0 atom stereocenters. The minimum absolute atomic E-state index is 0.485. The third-order valence-electron chi connectivity index (χ3n) is 10.7. The SMILES string of the molecule is CC1(C)OB(c2cc(-c3ccc4c5ccccc5c5ccccc5c4c3)cc(-c3nc(-c4ccccc4)cc(-c4ccccc4)n3)c2)OC1(C)C. The van der Waals surface area contributed by atoms with Gasteiger partial charge in [0.25, 0.3) is 0 Å². The van der Waals surface area contributed by atoms with Gasteiger partial charge < -0.3 is 9.31 Å². The molecule has 0 bridgehead atoms. The van der Waals surface area contributed by atoms with Gasteiger partial charge in [-0.1, -0.05) is 133 Å². The van der Waals surface area contributed by atoms with Gasteiger partial charge in [0.05, 0.1) is 22.6 Å². The van der Waals surface area contributed by atoms with Gasteiger partial charge in [-0.25, -0.2) is 9.97 Å². The van der Waals surface area contributed by atoms with E-state index in [1.54, 1.807) is 0 Å². The fourth-order valence-corrected chi connectivity index (χ4v) is 7.24. The van der Waals surface area contributed by atoms with Crippen molar-refractivity contribution in [1.82, 2.24) is 9.97 Å². The maximum Gasteiger partial charge on any atom is 0.494 e. The van der Waals surface area contributed by atoms with Gasteiger partial charge in [0.2, 0.25) is 0 Å². The number of benzene rings is 7. The fraction of sp³-hybridized carbons (Fsp3) is 0.130. The summed E-state index contributed by atoms with van der Waals surface area (Å²) in [7, 11) is -0.551. The molecule has 1 aromatic heterocycles. The van der Waals surface area contributed by atoms with Crippen molar-refractivity contribution in [2.45, 2.75) is 38.9 Å². The largest absolute Gasteiger partial charge is 0.494 e. The smallest absolute Gasteiger partial charge is 0.399 e. The molecule has 4 nitrogen and oxygen atoms in total. The molecule has 0 N–H and O–H groups in total. The van der Waals surface area contributed by atoms with E-state index in [2.05, 4.69) is 143 Å². The highest BCUT2D eigenvalue weighted by Gasteiger charge is 2.51. The maximum absolute atomic E-state index is 6.63. The standard InChI is InChI=1S/C46H37BN2O2/c1-45(2)46(3,4)51-47(50-45)35-26-33(32-23-24-40-38-21-12-11-19-36(38)37-20-13-14-22-39(37)41(40)28-32)25-34(27-35)44-48-42(30-15-7-5-8-16-30)29-43(49-44)31-17-9-6-10-18-31/h5-29H,1-4H3. The number of rotatable bonds is 5. The molecule has 8 aromatic rings. The molecule has 0 spiro atoms. The Balaban J connectivity index is 1.28. The zero-order valence-electron chi connectivity index (χ0n) is 29.2. The highest BCUT2D eigenvalue weighted by Crippen LogP contribution is 2.40. The first kappa shape index (κ1) is 31.4. The third-order valence-corrected chi connectivity index (χ3v) is 10.7. The van der Waals surface area contributed by atoms with Crippen molar-refractivity contribution in [2.75, 3.05) is 0 Å².